The van der Waals surface area contributed by atoms with Gasteiger partial charge in [-0.2, -0.15) is 9.78 Å². The molecule has 0 amide bonds. The predicted octanol–water partition coefficient (Wildman–Crippen LogP) is 7.36. The van der Waals surface area contributed by atoms with Gasteiger partial charge in [0.2, 0.25) is 5.75 Å². The number of nitro benzene ring substituents is 1. The van der Waals surface area contributed by atoms with Gasteiger partial charge in [-0.15, -0.1) is 0 Å². The minimum atomic E-state index is -0.579. The van der Waals surface area contributed by atoms with Crippen molar-refractivity contribution in [3.63, 3.8) is 0 Å². The summed E-state index contributed by atoms with van der Waals surface area (Å²) in [5.41, 5.74) is 0.789. The van der Waals surface area contributed by atoms with Crippen LogP contribution in [-0.2, 0) is 6.61 Å². The Balaban J connectivity index is 1.76. The summed E-state index contributed by atoms with van der Waals surface area (Å²) in [4.78, 5) is 29.4. The van der Waals surface area contributed by atoms with Gasteiger partial charge < -0.3 is 9.47 Å². The first-order chi connectivity index (χ1) is 18.6. The van der Waals surface area contributed by atoms with Gasteiger partial charge in [0.05, 0.1) is 29.2 Å². The first kappa shape index (κ1) is 28.5. The van der Waals surface area contributed by atoms with Crippen LogP contribution >= 0.6 is 39.1 Å². The van der Waals surface area contributed by atoms with Crippen molar-refractivity contribution in [3.8, 4) is 11.5 Å². The second-order valence-corrected chi connectivity index (χ2v) is 10.4. The normalized spacial score (nSPS) is 12.2. The van der Waals surface area contributed by atoms with Crippen molar-refractivity contribution >= 4 is 61.9 Å². The molecule has 1 heterocycles. The van der Waals surface area contributed by atoms with Crippen LogP contribution in [0.4, 0.5) is 5.69 Å². The summed E-state index contributed by atoms with van der Waals surface area (Å²) in [5.74, 6) is 0.461. The predicted molar refractivity (Wildman–Crippen MR) is 156 cm³/mol. The van der Waals surface area contributed by atoms with Gasteiger partial charge >= 0.3 is 5.69 Å². The Labute approximate surface area is 242 Å². The summed E-state index contributed by atoms with van der Waals surface area (Å²) in [6.07, 6.45) is 2.08. The second kappa shape index (κ2) is 12.1. The molecule has 202 valence electrons. The third-order valence-electron chi connectivity index (χ3n) is 6.07. The van der Waals surface area contributed by atoms with Crippen LogP contribution in [0.2, 0.25) is 10.0 Å². The molecule has 0 bridgehead atoms. The van der Waals surface area contributed by atoms with Crippen LogP contribution in [0.15, 0.2) is 62.9 Å². The maximum atomic E-state index is 13.4. The van der Waals surface area contributed by atoms with E-state index in [0.717, 1.165) is 10.9 Å². The van der Waals surface area contributed by atoms with Crippen molar-refractivity contribution in [1.82, 2.24) is 9.66 Å². The molecule has 12 heteroatoms. The Morgan fingerprint density at radius 3 is 2.64 bits per heavy atom. The minimum Gasteiger partial charge on any atom is -0.493 e. The highest BCUT2D eigenvalue weighted by atomic mass is 79.9. The summed E-state index contributed by atoms with van der Waals surface area (Å²) in [6.45, 7) is 3.89. The van der Waals surface area contributed by atoms with Gasteiger partial charge in [0.15, 0.2) is 5.75 Å². The zero-order chi connectivity index (χ0) is 28.3. The summed E-state index contributed by atoms with van der Waals surface area (Å²) < 4.78 is 13.2. The molecule has 0 aliphatic rings. The van der Waals surface area contributed by atoms with Gasteiger partial charge in [-0.3, -0.25) is 14.9 Å². The number of nitro groups is 1. The number of aromatic nitrogens is 2. The molecule has 0 aliphatic heterocycles. The summed E-state index contributed by atoms with van der Waals surface area (Å²) in [7, 11) is 1.37. The standard InChI is InChI=1S/C27H23BrCl2N4O5/c1-4-15(2)26-32-22-8-6-18(28)11-20(22)27(35)33(26)31-13-16-9-23(34(36)37)25(24(10-16)38-3)39-14-17-5-7-19(29)12-21(17)30/h5-13,15H,4,14H2,1-3H3/t15-/m0/s1. The van der Waals surface area contributed by atoms with Crippen LogP contribution in [0, 0.1) is 10.1 Å². The molecule has 1 atom stereocenters. The second-order valence-electron chi connectivity index (χ2n) is 8.66. The molecule has 4 aromatic rings. The first-order valence-electron chi connectivity index (χ1n) is 11.8. The maximum absolute atomic E-state index is 13.4. The largest absolute Gasteiger partial charge is 0.493 e. The molecule has 0 aliphatic carbocycles. The average molecular weight is 634 g/mol. The molecular weight excluding hydrogens is 611 g/mol. The fourth-order valence-electron chi connectivity index (χ4n) is 3.81. The van der Waals surface area contributed by atoms with E-state index in [2.05, 4.69) is 26.0 Å². The SMILES string of the molecule is CC[C@H](C)c1nc2ccc(Br)cc2c(=O)n1N=Cc1cc(OC)c(OCc2ccc(Cl)cc2Cl)c([N+](=O)[O-])c1. The number of rotatable bonds is 9. The van der Waals surface area contributed by atoms with Crippen molar-refractivity contribution in [2.75, 3.05) is 7.11 Å². The highest BCUT2D eigenvalue weighted by Crippen LogP contribution is 2.39. The number of hydrogen-bond acceptors (Lipinski definition) is 7. The van der Waals surface area contributed by atoms with Crippen molar-refractivity contribution in [3.05, 3.63) is 100 Å². The Bertz CT molecular complexity index is 1660. The molecule has 9 nitrogen and oxygen atoms in total. The molecular formula is C27H23BrCl2N4O5. The Morgan fingerprint density at radius 2 is 1.97 bits per heavy atom. The average Bonchev–Trinajstić information content (AvgIpc) is 2.91. The quantitative estimate of drug-likeness (QED) is 0.108. The van der Waals surface area contributed by atoms with Gasteiger partial charge in [0.1, 0.15) is 12.4 Å². The maximum Gasteiger partial charge on any atom is 0.315 e. The zero-order valence-electron chi connectivity index (χ0n) is 21.2. The van der Waals surface area contributed by atoms with Crippen LogP contribution in [0.25, 0.3) is 10.9 Å². The lowest BCUT2D eigenvalue weighted by Crippen LogP contribution is -2.23. The highest BCUT2D eigenvalue weighted by Gasteiger charge is 2.23. The van der Waals surface area contributed by atoms with E-state index in [9.17, 15) is 14.9 Å². The lowest BCUT2D eigenvalue weighted by Gasteiger charge is -2.14. The number of fused-ring (bicyclic) bond motifs is 1. The van der Waals surface area contributed by atoms with Gasteiger partial charge in [0, 0.05) is 37.6 Å². The lowest BCUT2D eigenvalue weighted by molar-refractivity contribution is -0.386. The van der Waals surface area contributed by atoms with E-state index in [1.165, 1.54) is 30.1 Å². The van der Waals surface area contributed by atoms with Crippen LogP contribution in [0.3, 0.4) is 0 Å². The number of nitrogens with zero attached hydrogens (tertiary/aromatic N) is 4. The molecule has 39 heavy (non-hydrogen) atoms. The van der Waals surface area contributed by atoms with Crippen LogP contribution in [-0.4, -0.2) is 27.9 Å². The number of methoxy groups -OCH3 is 1. The van der Waals surface area contributed by atoms with Gasteiger partial charge in [0.25, 0.3) is 5.56 Å². The van der Waals surface area contributed by atoms with Crippen molar-refractivity contribution in [1.29, 1.82) is 0 Å². The summed E-state index contributed by atoms with van der Waals surface area (Å²) in [6, 6.07) is 13.0. The number of ether oxygens (including phenoxy) is 2. The molecule has 4 rings (SSSR count). The minimum absolute atomic E-state index is 0.0490. The van der Waals surface area contributed by atoms with Crippen LogP contribution in [0.5, 0.6) is 11.5 Å². The molecule has 1 aromatic heterocycles. The topological polar surface area (TPSA) is 109 Å². The Hall–Kier alpha value is -3.47. The highest BCUT2D eigenvalue weighted by molar-refractivity contribution is 9.10. The molecule has 0 spiro atoms. The third kappa shape index (κ3) is 6.24. The van der Waals surface area contributed by atoms with Gasteiger partial charge in [-0.05, 0) is 42.8 Å². The lowest BCUT2D eigenvalue weighted by atomic mass is 10.1. The fourth-order valence-corrected chi connectivity index (χ4v) is 4.63. The zero-order valence-corrected chi connectivity index (χ0v) is 24.2. The van der Waals surface area contributed by atoms with E-state index in [1.54, 1.807) is 30.3 Å². The summed E-state index contributed by atoms with van der Waals surface area (Å²) in [5, 5.41) is 17.6. The van der Waals surface area contributed by atoms with Crippen molar-refractivity contribution in [2.45, 2.75) is 32.8 Å². The molecule has 0 saturated heterocycles. The van der Waals surface area contributed by atoms with Gasteiger partial charge in [-0.1, -0.05) is 59.0 Å². The van der Waals surface area contributed by atoms with E-state index in [4.69, 9.17) is 32.7 Å². The van der Waals surface area contributed by atoms with E-state index in [1.807, 2.05) is 19.9 Å². The summed E-state index contributed by atoms with van der Waals surface area (Å²) >= 11 is 15.6. The van der Waals surface area contributed by atoms with Gasteiger partial charge in [-0.25, -0.2) is 4.98 Å². The van der Waals surface area contributed by atoms with Crippen molar-refractivity contribution in [2.24, 2.45) is 5.10 Å². The molecule has 3 aromatic carbocycles. The fraction of sp³-hybridized carbons (Fsp3) is 0.222. The Morgan fingerprint density at radius 1 is 1.21 bits per heavy atom. The molecule has 0 radical (unpaired) electrons. The van der Waals surface area contributed by atoms with E-state index >= 15 is 0 Å². The molecule has 0 saturated carbocycles. The third-order valence-corrected chi connectivity index (χ3v) is 7.15. The van der Waals surface area contributed by atoms with Crippen molar-refractivity contribution < 1.29 is 14.4 Å². The number of halogens is 3. The molecule has 0 fully saturated rings. The van der Waals surface area contributed by atoms with Crippen LogP contribution in [0.1, 0.15) is 43.1 Å². The Kier molecular flexibility index (Phi) is 8.89. The van der Waals surface area contributed by atoms with E-state index < -0.39 is 4.92 Å². The molecule has 0 N–H and O–H groups in total. The van der Waals surface area contributed by atoms with E-state index in [0.29, 0.717) is 37.9 Å². The molecule has 0 unspecified atom stereocenters. The smallest absolute Gasteiger partial charge is 0.315 e. The monoisotopic (exact) mass is 632 g/mol. The first-order valence-corrected chi connectivity index (χ1v) is 13.4. The van der Waals surface area contributed by atoms with Crippen LogP contribution < -0.4 is 15.0 Å². The number of benzene rings is 3. The number of hydrogen-bond donors (Lipinski definition) is 0. The van der Waals surface area contributed by atoms with E-state index in [-0.39, 0.29) is 35.3 Å².